The van der Waals surface area contributed by atoms with Crippen molar-refractivity contribution < 1.29 is 14.3 Å². The quantitative estimate of drug-likeness (QED) is 0.603. The van der Waals surface area contributed by atoms with Crippen molar-refractivity contribution in [2.24, 2.45) is 0 Å². The Bertz CT molecular complexity index is 611. The molecule has 0 aromatic heterocycles. The maximum Gasteiger partial charge on any atom is 0.316 e. The molecule has 0 unspecified atom stereocenters. The van der Waals surface area contributed by atoms with E-state index in [2.05, 4.69) is 24.1 Å². The summed E-state index contributed by atoms with van der Waals surface area (Å²) in [6.45, 7) is 5.85. The van der Waals surface area contributed by atoms with E-state index in [4.69, 9.17) is 17.0 Å². The van der Waals surface area contributed by atoms with Gasteiger partial charge in [0.05, 0.1) is 5.75 Å². The minimum atomic E-state index is -0.433. The molecule has 0 radical (unpaired) electrons. The molecule has 0 atom stereocenters. The van der Waals surface area contributed by atoms with Crippen molar-refractivity contribution >= 4 is 45.9 Å². The Labute approximate surface area is 158 Å². The van der Waals surface area contributed by atoms with E-state index in [1.807, 2.05) is 24.3 Å². The van der Waals surface area contributed by atoms with E-state index in [-0.39, 0.29) is 18.3 Å². The maximum absolute atomic E-state index is 11.9. The summed E-state index contributed by atoms with van der Waals surface area (Å²) in [5, 5.41) is 2.72. The van der Waals surface area contributed by atoms with Crippen molar-refractivity contribution in [2.45, 2.75) is 32.6 Å². The molecule has 1 aromatic rings. The molecule has 5 nitrogen and oxygen atoms in total. The van der Waals surface area contributed by atoms with E-state index in [1.54, 1.807) is 0 Å². The summed E-state index contributed by atoms with van der Waals surface area (Å²) in [7, 11) is 0. The number of carbonyl (C=O) groups excluding carboxylic acids is 2. The lowest BCUT2D eigenvalue weighted by Gasteiger charge is -2.17. The zero-order chi connectivity index (χ0) is 18.2. The molecule has 1 amide bonds. The lowest BCUT2D eigenvalue weighted by Crippen LogP contribution is -2.25. The number of anilines is 1. The SMILES string of the molecule is CC(C)c1ccc(NC(=O)COC(=O)CSC(=S)N2CCCC2)cc1. The highest BCUT2D eigenvalue weighted by Gasteiger charge is 2.17. The number of esters is 1. The predicted molar refractivity (Wildman–Crippen MR) is 106 cm³/mol. The fourth-order valence-electron chi connectivity index (χ4n) is 2.45. The van der Waals surface area contributed by atoms with Crippen molar-refractivity contribution in [1.82, 2.24) is 4.90 Å². The summed E-state index contributed by atoms with van der Waals surface area (Å²) in [5.41, 5.74) is 1.89. The molecule has 25 heavy (non-hydrogen) atoms. The first kappa shape index (κ1) is 19.7. The fraction of sp³-hybridized carbons (Fsp3) is 0.500. The lowest BCUT2D eigenvalue weighted by molar-refractivity contribution is -0.144. The number of rotatable bonds is 6. The van der Waals surface area contributed by atoms with Gasteiger partial charge in [-0.2, -0.15) is 0 Å². The zero-order valence-corrected chi connectivity index (χ0v) is 16.3. The number of hydrogen-bond donors (Lipinski definition) is 1. The highest BCUT2D eigenvalue weighted by atomic mass is 32.2. The van der Waals surface area contributed by atoms with Crippen molar-refractivity contribution in [3.63, 3.8) is 0 Å². The van der Waals surface area contributed by atoms with Crippen LogP contribution < -0.4 is 5.32 Å². The lowest BCUT2D eigenvalue weighted by atomic mass is 10.0. The largest absolute Gasteiger partial charge is 0.455 e. The first-order valence-electron chi connectivity index (χ1n) is 8.43. The van der Waals surface area contributed by atoms with Crippen molar-refractivity contribution in [2.75, 3.05) is 30.8 Å². The summed E-state index contributed by atoms with van der Waals surface area (Å²) in [5.74, 6) is -0.212. The molecule has 1 heterocycles. The number of thioether (sulfide) groups is 1. The molecule has 0 saturated carbocycles. The molecule has 1 aliphatic heterocycles. The summed E-state index contributed by atoms with van der Waals surface area (Å²) in [6.07, 6.45) is 2.28. The third-order valence-corrected chi connectivity index (χ3v) is 5.40. The molecule has 0 aliphatic carbocycles. The molecular formula is C18H24N2O3S2. The molecule has 0 spiro atoms. The molecule has 1 N–H and O–H groups in total. The molecule has 1 fully saturated rings. The Hall–Kier alpha value is -1.60. The second-order valence-corrected chi connectivity index (χ2v) is 7.84. The van der Waals surface area contributed by atoms with E-state index in [1.165, 1.54) is 17.3 Å². The number of amides is 1. The van der Waals surface area contributed by atoms with E-state index >= 15 is 0 Å². The van der Waals surface area contributed by atoms with E-state index in [0.717, 1.165) is 30.3 Å². The summed E-state index contributed by atoms with van der Waals surface area (Å²) in [4.78, 5) is 25.7. The van der Waals surface area contributed by atoms with Gasteiger partial charge in [-0.05, 0) is 36.5 Å². The molecular weight excluding hydrogens is 356 g/mol. The van der Waals surface area contributed by atoms with Crippen LogP contribution in [0.3, 0.4) is 0 Å². The van der Waals surface area contributed by atoms with Crippen LogP contribution in [-0.2, 0) is 14.3 Å². The zero-order valence-electron chi connectivity index (χ0n) is 14.6. The molecule has 0 bridgehead atoms. The average molecular weight is 381 g/mol. The van der Waals surface area contributed by atoms with Crippen molar-refractivity contribution in [1.29, 1.82) is 0 Å². The van der Waals surface area contributed by atoms with Gasteiger partial charge in [-0.3, -0.25) is 9.59 Å². The normalized spacial score (nSPS) is 13.8. The number of ether oxygens (including phenoxy) is 1. The minimum absolute atomic E-state index is 0.131. The van der Waals surface area contributed by atoms with Crippen LogP contribution in [-0.4, -0.2) is 46.5 Å². The van der Waals surface area contributed by atoms with Crippen LogP contribution in [0, 0.1) is 0 Å². The maximum atomic E-state index is 11.9. The van der Waals surface area contributed by atoms with Crippen molar-refractivity contribution in [3.05, 3.63) is 29.8 Å². The topological polar surface area (TPSA) is 58.6 Å². The highest BCUT2D eigenvalue weighted by Crippen LogP contribution is 2.17. The number of carbonyl (C=O) groups is 2. The smallest absolute Gasteiger partial charge is 0.316 e. The van der Waals surface area contributed by atoms with Crippen LogP contribution in [0.5, 0.6) is 0 Å². The van der Waals surface area contributed by atoms with Crippen LogP contribution >= 0.6 is 24.0 Å². The van der Waals surface area contributed by atoms with Crippen LogP contribution in [0.4, 0.5) is 5.69 Å². The third-order valence-electron chi connectivity index (χ3n) is 3.90. The van der Waals surface area contributed by atoms with Gasteiger partial charge in [0, 0.05) is 18.8 Å². The average Bonchev–Trinajstić information content (AvgIpc) is 3.13. The van der Waals surface area contributed by atoms with E-state index in [0.29, 0.717) is 11.6 Å². The van der Waals surface area contributed by atoms with Crippen LogP contribution in [0.15, 0.2) is 24.3 Å². The first-order valence-corrected chi connectivity index (χ1v) is 9.82. The van der Waals surface area contributed by atoms with Crippen LogP contribution in [0.2, 0.25) is 0 Å². The van der Waals surface area contributed by atoms with E-state index < -0.39 is 5.97 Å². The third kappa shape index (κ3) is 6.66. The standard InChI is InChI=1S/C18H24N2O3S2/c1-13(2)14-5-7-15(8-6-14)19-16(21)11-23-17(22)12-25-18(24)20-9-3-4-10-20/h5-8,13H,3-4,9-12H2,1-2H3,(H,19,21). The van der Waals surface area contributed by atoms with Crippen LogP contribution in [0.25, 0.3) is 0 Å². The number of thiocarbonyl (C=S) groups is 1. The van der Waals surface area contributed by atoms with Gasteiger partial charge in [0.15, 0.2) is 6.61 Å². The van der Waals surface area contributed by atoms with Crippen LogP contribution in [0.1, 0.15) is 38.2 Å². The van der Waals surface area contributed by atoms with Gasteiger partial charge in [-0.25, -0.2) is 0 Å². The number of nitrogens with one attached hydrogen (secondary N) is 1. The van der Waals surface area contributed by atoms with Gasteiger partial charge in [-0.1, -0.05) is 50.0 Å². The molecule has 2 rings (SSSR count). The molecule has 136 valence electrons. The Morgan fingerprint density at radius 2 is 1.88 bits per heavy atom. The number of nitrogens with zero attached hydrogens (tertiary/aromatic N) is 1. The Balaban J connectivity index is 1.66. The number of benzene rings is 1. The van der Waals surface area contributed by atoms with E-state index in [9.17, 15) is 9.59 Å². The number of likely N-dealkylation sites (tertiary alicyclic amines) is 1. The van der Waals surface area contributed by atoms with Gasteiger partial charge in [0.25, 0.3) is 5.91 Å². The second kappa shape index (κ2) is 9.77. The summed E-state index contributed by atoms with van der Waals surface area (Å²) in [6, 6.07) is 7.64. The Morgan fingerprint density at radius 3 is 2.48 bits per heavy atom. The molecule has 7 heteroatoms. The first-order chi connectivity index (χ1) is 12.0. The summed E-state index contributed by atoms with van der Waals surface area (Å²) >= 11 is 6.58. The fourth-order valence-corrected chi connectivity index (χ4v) is 3.50. The molecule has 1 saturated heterocycles. The Kier molecular flexibility index (Phi) is 7.71. The van der Waals surface area contributed by atoms with Gasteiger partial charge >= 0.3 is 5.97 Å². The van der Waals surface area contributed by atoms with Crippen molar-refractivity contribution in [3.8, 4) is 0 Å². The highest BCUT2D eigenvalue weighted by molar-refractivity contribution is 8.23. The predicted octanol–water partition coefficient (Wildman–Crippen LogP) is 3.41. The van der Waals surface area contributed by atoms with Gasteiger partial charge in [0.1, 0.15) is 4.32 Å². The van der Waals surface area contributed by atoms with Gasteiger partial charge in [-0.15, -0.1) is 0 Å². The number of hydrogen-bond acceptors (Lipinski definition) is 5. The molecule has 1 aromatic carbocycles. The second-order valence-electron chi connectivity index (χ2n) is 6.23. The van der Waals surface area contributed by atoms with Gasteiger partial charge < -0.3 is 15.0 Å². The monoisotopic (exact) mass is 380 g/mol. The summed E-state index contributed by atoms with van der Waals surface area (Å²) < 4.78 is 5.73. The minimum Gasteiger partial charge on any atom is -0.455 e. The van der Waals surface area contributed by atoms with Gasteiger partial charge in [0.2, 0.25) is 0 Å². The Morgan fingerprint density at radius 1 is 1.24 bits per heavy atom. The molecule has 1 aliphatic rings.